The van der Waals surface area contributed by atoms with Crippen molar-refractivity contribution in [2.24, 2.45) is 0 Å². The zero-order valence-electron chi connectivity index (χ0n) is 22.0. The summed E-state index contributed by atoms with van der Waals surface area (Å²) in [7, 11) is -0.639. The van der Waals surface area contributed by atoms with Gasteiger partial charge < -0.3 is 15.5 Å². The van der Waals surface area contributed by atoms with Crippen molar-refractivity contribution >= 4 is 39.0 Å². The van der Waals surface area contributed by atoms with Gasteiger partial charge in [0.15, 0.2) is 0 Å². The molecule has 208 valence electrons. The van der Waals surface area contributed by atoms with Gasteiger partial charge in [-0.05, 0) is 70.0 Å². The van der Waals surface area contributed by atoms with E-state index in [1.165, 1.54) is 29.7 Å². The van der Waals surface area contributed by atoms with E-state index >= 15 is 4.39 Å². The molecule has 3 N–H and O–H groups in total. The molecule has 0 aliphatic heterocycles. The van der Waals surface area contributed by atoms with Crippen LogP contribution in [0.25, 0.3) is 0 Å². The van der Waals surface area contributed by atoms with E-state index in [0.717, 1.165) is 18.6 Å². The van der Waals surface area contributed by atoms with Crippen molar-refractivity contribution in [3.63, 3.8) is 0 Å². The van der Waals surface area contributed by atoms with Crippen LogP contribution in [0.15, 0.2) is 59.9 Å². The van der Waals surface area contributed by atoms with Crippen LogP contribution in [0.5, 0.6) is 0 Å². The number of nitrogens with one attached hydrogen (secondary N) is 3. The molecular weight excluding hydrogens is 543 g/mol. The van der Waals surface area contributed by atoms with E-state index < -0.39 is 20.7 Å². The van der Waals surface area contributed by atoms with Crippen LogP contribution in [0.3, 0.4) is 0 Å². The number of halogens is 2. The summed E-state index contributed by atoms with van der Waals surface area (Å²) < 4.78 is 42.9. The smallest absolute Gasteiger partial charge is 0.266 e. The van der Waals surface area contributed by atoms with Crippen LogP contribution in [0.2, 0.25) is 5.02 Å². The van der Waals surface area contributed by atoms with E-state index in [1.54, 1.807) is 4.90 Å². The third kappa shape index (κ3) is 7.43. The largest absolute Gasteiger partial charge is 0.379 e. The molecule has 4 rings (SSSR count). The van der Waals surface area contributed by atoms with Crippen LogP contribution in [0.4, 0.5) is 15.9 Å². The number of benzene rings is 2. The van der Waals surface area contributed by atoms with Gasteiger partial charge in [-0.1, -0.05) is 41.4 Å². The summed E-state index contributed by atoms with van der Waals surface area (Å²) in [6.07, 6.45) is 4.78. The van der Waals surface area contributed by atoms with Gasteiger partial charge in [0.2, 0.25) is 5.91 Å². The second-order valence-electron chi connectivity index (χ2n) is 10.0. The topological polar surface area (TPSA) is 116 Å². The summed E-state index contributed by atoms with van der Waals surface area (Å²) in [6.45, 7) is 2.29. The standard InChI is InChI=1S/C27H32ClFN6O3S/c1-17-5-4-6-18(11-17)19-7-8-22(24(12-19)33-27(36)15-35(2)3)32-23-14-21(29)25(13-20(23)28)39(37,38)34-26-9-10-30-16-31-26/h4-6,9-11,13-14,16,19,22,24,32H,7-8,12,15H2,1-3H3,(H,33,36)(H,30,31,34)/t19-,22?,24-/m0/s1. The molecule has 2 aromatic carbocycles. The first kappa shape index (κ1) is 28.7. The first-order valence-corrected chi connectivity index (χ1v) is 14.4. The molecule has 1 unspecified atom stereocenters. The Balaban J connectivity index is 1.55. The number of amides is 1. The SMILES string of the molecule is Cc1cccc([C@H]2CCC(Nc3cc(F)c(S(=O)(=O)Nc4ccncn4)cc3Cl)[C@@H](NC(=O)CN(C)C)C2)c1. The Morgan fingerprint density at radius 3 is 2.64 bits per heavy atom. The quantitative estimate of drug-likeness (QED) is 0.351. The lowest BCUT2D eigenvalue weighted by molar-refractivity contribution is -0.122. The summed E-state index contributed by atoms with van der Waals surface area (Å²) >= 11 is 6.45. The highest BCUT2D eigenvalue weighted by molar-refractivity contribution is 7.92. The third-order valence-corrected chi connectivity index (χ3v) is 8.33. The summed E-state index contributed by atoms with van der Waals surface area (Å²) in [5.74, 6) is -0.828. The molecule has 0 saturated heterocycles. The van der Waals surface area contributed by atoms with Crippen molar-refractivity contribution in [3.05, 3.63) is 77.0 Å². The number of likely N-dealkylation sites (N-methyl/N-ethyl adjacent to an activating group) is 1. The van der Waals surface area contributed by atoms with Crippen LogP contribution in [-0.4, -0.2) is 61.9 Å². The van der Waals surface area contributed by atoms with Crippen molar-refractivity contribution in [3.8, 4) is 0 Å². The summed E-state index contributed by atoms with van der Waals surface area (Å²) in [5, 5.41) is 6.45. The number of aryl methyl sites for hydroxylation is 1. The Kier molecular flexibility index (Phi) is 9.04. The number of rotatable bonds is 9. The monoisotopic (exact) mass is 574 g/mol. The molecule has 39 heavy (non-hydrogen) atoms. The van der Waals surface area contributed by atoms with Crippen molar-refractivity contribution in [2.75, 3.05) is 30.7 Å². The van der Waals surface area contributed by atoms with Gasteiger partial charge in [0.25, 0.3) is 10.0 Å². The highest BCUT2D eigenvalue weighted by atomic mass is 35.5. The van der Waals surface area contributed by atoms with Crippen LogP contribution < -0.4 is 15.4 Å². The highest BCUT2D eigenvalue weighted by Crippen LogP contribution is 2.36. The van der Waals surface area contributed by atoms with E-state index in [1.807, 2.05) is 20.2 Å². The predicted octanol–water partition coefficient (Wildman–Crippen LogP) is 4.17. The normalized spacial score (nSPS) is 19.5. The molecule has 3 aromatic rings. The number of carbonyl (C=O) groups is 1. The fraction of sp³-hybridized carbons (Fsp3) is 0.370. The molecule has 1 aliphatic carbocycles. The minimum Gasteiger partial charge on any atom is -0.379 e. The Morgan fingerprint density at radius 1 is 1.15 bits per heavy atom. The lowest BCUT2D eigenvalue weighted by Gasteiger charge is -2.38. The van der Waals surface area contributed by atoms with Gasteiger partial charge in [0.05, 0.1) is 17.3 Å². The molecule has 1 heterocycles. The second-order valence-corrected chi connectivity index (χ2v) is 12.1. The maximum Gasteiger partial charge on any atom is 0.266 e. The zero-order valence-corrected chi connectivity index (χ0v) is 23.6. The number of sulfonamides is 1. The van der Waals surface area contributed by atoms with Gasteiger partial charge in [-0.15, -0.1) is 0 Å². The van der Waals surface area contributed by atoms with Gasteiger partial charge in [-0.3, -0.25) is 9.52 Å². The number of hydrogen-bond acceptors (Lipinski definition) is 7. The van der Waals surface area contributed by atoms with Gasteiger partial charge in [-0.25, -0.2) is 22.8 Å². The van der Waals surface area contributed by atoms with Crippen molar-refractivity contribution in [1.82, 2.24) is 20.2 Å². The van der Waals surface area contributed by atoms with Crippen molar-refractivity contribution < 1.29 is 17.6 Å². The van der Waals surface area contributed by atoms with E-state index in [2.05, 4.69) is 50.4 Å². The first-order valence-electron chi connectivity index (χ1n) is 12.6. The second kappa shape index (κ2) is 12.3. The summed E-state index contributed by atoms with van der Waals surface area (Å²) in [4.78, 5) is 21.4. The highest BCUT2D eigenvalue weighted by Gasteiger charge is 2.33. The summed E-state index contributed by atoms with van der Waals surface area (Å²) in [5.41, 5.74) is 2.64. The third-order valence-electron chi connectivity index (χ3n) is 6.64. The molecule has 12 heteroatoms. The van der Waals surface area contributed by atoms with E-state index in [4.69, 9.17) is 11.6 Å². The Bertz CT molecular complexity index is 1420. The number of carbonyl (C=O) groups excluding carboxylic acids is 1. The average molecular weight is 575 g/mol. The number of aromatic nitrogens is 2. The van der Waals surface area contributed by atoms with Crippen LogP contribution >= 0.6 is 11.6 Å². The molecule has 0 bridgehead atoms. The molecular formula is C27H32ClFN6O3S. The van der Waals surface area contributed by atoms with Gasteiger partial charge in [-0.2, -0.15) is 0 Å². The Morgan fingerprint density at radius 2 is 1.95 bits per heavy atom. The summed E-state index contributed by atoms with van der Waals surface area (Å²) in [6, 6.07) is 11.4. The average Bonchev–Trinajstić information content (AvgIpc) is 2.86. The first-order chi connectivity index (χ1) is 18.5. The minimum absolute atomic E-state index is 0.00408. The Hall–Kier alpha value is -3.28. The molecule has 9 nitrogen and oxygen atoms in total. The number of nitrogens with zero attached hydrogens (tertiary/aromatic N) is 3. The molecule has 1 saturated carbocycles. The minimum atomic E-state index is -4.29. The van der Waals surface area contributed by atoms with Crippen LogP contribution in [0, 0.1) is 12.7 Å². The van der Waals surface area contributed by atoms with E-state index in [-0.39, 0.29) is 47.0 Å². The number of anilines is 2. The van der Waals surface area contributed by atoms with Gasteiger partial charge >= 0.3 is 0 Å². The fourth-order valence-corrected chi connectivity index (χ4v) is 6.24. The molecule has 1 fully saturated rings. The van der Waals surface area contributed by atoms with Gasteiger partial charge in [0, 0.05) is 18.3 Å². The number of hydrogen-bond donors (Lipinski definition) is 3. The zero-order chi connectivity index (χ0) is 28.2. The van der Waals surface area contributed by atoms with Crippen LogP contribution in [0.1, 0.15) is 36.3 Å². The molecule has 1 aliphatic rings. The Labute approximate surface area is 233 Å². The molecule has 3 atom stereocenters. The maximum absolute atomic E-state index is 15.1. The van der Waals surface area contributed by atoms with Crippen LogP contribution in [-0.2, 0) is 14.8 Å². The van der Waals surface area contributed by atoms with E-state index in [0.29, 0.717) is 12.8 Å². The lowest BCUT2D eigenvalue weighted by Crippen LogP contribution is -2.51. The molecule has 1 aromatic heterocycles. The van der Waals surface area contributed by atoms with E-state index in [9.17, 15) is 13.2 Å². The van der Waals surface area contributed by atoms with Gasteiger partial charge in [0.1, 0.15) is 22.9 Å². The molecule has 0 radical (unpaired) electrons. The van der Waals surface area contributed by atoms with Crippen molar-refractivity contribution in [1.29, 1.82) is 0 Å². The lowest BCUT2D eigenvalue weighted by atomic mass is 9.78. The molecule has 0 spiro atoms. The predicted molar refractivity (Wildman–Crippen MR) is 150 cm³/mol. The maximum atomic E-state index is 15.1. The molecule has 1 amide bonds. The van der Waals surface area contributed by atoms with Crippen molar-refractivity contribution in [2.45, 2.75) is 49.1 Å². The fourth-order valence-electron chi connectivity index (χ4n) is 4.86.